The normalized spacial score (nSPS) is 13.6. The molecule has 0 saturated carbocycles. The van der Waals surface area contributed by atoms with Gasteiger partial charge in [0.1, 0.15) is 6.07 Å². The number of carbonyl (C=O) groups is 1. The van der Waals surface area contributed by atoms with E-state index in [1.54, 1.807) is 24.5 Å². The van der Waals surface area contributed by atoms with E-state index in [0.29, 0.717) is 35.6 Å². The Kier molecular flexibility index (Phi) is 5.62. The molecule has 1 N–H and O–H groups in total. The second kappa shape index (κ2) is 8.66. The van der Waals surface area contributed by atoms with Gasteiger partial charge in [0.15, 0.2) is 0 Å². The minimum atomic E-state index is -0.0244. The summed E-state index contributed by atoms with van der Waals surface area (Å²) in [6.07, 6.45) is 3.25. The smallest absolute Gasteiger partial charge is 0.255 e. The van der Waals surface area contributed by atoms with Crippen LogP contribution in [0.25, 0.3) is 0 Å². The summed E-state index contributed by atoms with van der Waals surface area (Å²) in [5.74, 6) is -0.0244. The molecule has 3 aromatic rings. The summed E-state index contributed by atoms with van der Waals surface area (Å²) in [5, 5.41) is 12.4. The van der Waals surface area contributed by atoms with Crippen LogP contribution < -0.4 is 10.2 Å². The number of nitrogens with zero attached hydrogens (tertiary/aromatic N) is 4. The highest BCUT2D eigenvalue weighted by atomic mass is 16.2. The predicted octanol–water partition coefficient (Wildman–Crippen LogP) is 3.97. The number of para-hydroxylation sites is 1. The number of rotatable bonds is 4. The van der Waals surface area contributed by atoms with Gasteiger partial charge in [-0.1, -0.05) is 24.3 Å². The van der Waals surface area contributed by atoms with Crippen LogP contribution in [-0.2, 0) is 0 Å². The van der Waals surface area contributed by atoms with E-state index in [1.165, 1.54) is 11.3 Å². The van der Waals surface area contributed by atoms with Crippen LogP contribution in [0.1, 0.15) is 21.5 Å². The number of hydrogen-bond acceptors (Lipinski definition) is 5. The van der Waals surface area contributed by atoms with Crippen molar-refractivity contribution in [2.45, 2.75) is 6.92 Å². The Morgan fingerprint density at radius 3 is 2.60 bits per heavy atom. The first kappa shape index (κ1) is 19.5. The molecule has 30 heavy (non-hydrogen) atoms. The maximum atomic E-state index is 13.0. The molecule has 4 rings (SSSR count). The Hall–Kier alpha value is -3.85. The van der Waals surface area contributed by atoms with Crippen LogP contribution in [0.5, 0.6) is 0 Å². The van der Waals surface area contributed by atoms with E-state index in [4.69, 9.17) is 0 Å². The Bertz CT molecular complexity index is 1100. The van der Waals surface area contributed by atoms with Crippen LogP contribution in [0.2, 0.25) is 0 Å². The zero-order chi connectivity index (χ0) is 20.9. The van der Waals surface area contributed by atoms with Gasteiger partial charge < -0.3 is 15.1 Å². The van der Waals surface area contributed by atoms with Crippen molar-refractivity contribution in [1.29, 1.82) is 5.26 Å². The van der Waals surface area contributed by atoms with Crippen LogP contribution in [0.15, 0.2) is 67.0 Å². The molecule has 150 valence electrons. The van der Waals surface area contributed by atoms with Crippen molar-refractivity contribution in [3.05, 3.63) is 83.7 Å². The van der Waals surface area contributed by atoms with Gasteiger partial charge in [0.2, 0.25) is 0 Å². The lowest BCUT2D eigenvalue weighted by Crippen LogP contribution is -2.48. The fraction of sp³-hybridized carbons (Fsp3) is 0.208. The van der Waals surface area contributed by atoms with E-state index in [-0.39, 0.29) is 5.91 Å². The Balaban J connectivity index is 1.43. The molecule has 2 aromatic carbocycles. The topological polar surface area (TPSA) is 72.3 Å². The molecule has 1 aliphatic heterocycles. The molecule has 0 aliphatic carbocycles. The minimum Gasteiger partial charge on any atom is -0.368 e. The number of nitrogens with one attached hydrogen (secondary N) is 1. The summed E-state index contributed by atoms with van der Waals surface area (Å²) >= 11 is 0. The first-order chi connectivity index (χ1) is 14.6. The number of aromatic nitrogens is 1. The number of hydrogen-bond donors (Lipinski definition) is 1. The number of piperazine rings is 1. The van der Waals surface area contributed by atoms with Crippen molar-refractivity contribution < 1.29 is 4.79 Å². The highest BCUT2D eigenvalue weighted by molar-refractivity contribution is 5.95. The van der Waals surface area contributed by atoms with Crippen LogP contribution in [0.4, 0.5) is 17.1 Å². The number of amides is 1. The molecule has 6 heteroatoms. The van der Waals surface area contributed by atoms with Crippen molar-refractivity contribution in [3.63, 3.8) is 0 Å². The maximum absolute atomic E-state index is 13.0. The van der Waals surface area contributed by atoms with Gasteiger partial charge in [0.25, 0.3) is 5.91 Å². The molecular weight excluding hydrogens is 374 g/mol. The summed E-state index contributed by atoms with van der Waals surface area (Å²) < 4.78 is 0. The van der Waals surface area contributed by atoms with E-state index >= 15 is 0 Å². The number of aryl methyl sites for hydroxylation is 1. The van der Waals surface area contributed by atoms with Crippen LogP contribution in [0.3, 0.4) is 0 Å². The molecule has 0 spiro atoms. The van der Waals surface area contributed by atoms with Gasteiger partial charge in [-0.3, -0.25) is 9.78 Å². The third kappa shape index (κ3) is 4.26. The lowest BCUT2D eigenvalue weighted by atomic mass is 10.1. The minimum absolute atomic E-state index is 0.0244. The average Bonchev–Trinajstić information content (AvgIpc) is 2.79. The fourth-order valence-electron chi connectivity index (χ4n) is 3.65. The van der Waals surface area contributed by atoms with Crippen molar-refractivity contribution in [3.8, 4) is 6.07 Å². The number of benzene rings is 2. The molecule has 0 atom stereocenters. The Morgan fingerprint density at radius 1 is 1.03 bits per heavy atom. The molecule has 1 fully saturated rings. The van der Waals surface area contributed by atoms with Gasteiger partial charge in [0, 0.05) is 38.1 Å². The molecule has 0 bridgehead atoms. The van der Waals surface area contributed by atoms with Crippen LogP contribution in [-0.4, -0.2) is 42.0 Å². The van der Waals surface area contributed by atoms with Crippen molar-refractivity contribution in [1.82, 2.24) is 9.88 Å². The number of carbonyl (C=O) groups excluding carboxylic acids is 1. The standard InChI is InChI=1S/C24H23N5O/c1-18-5-4-7-22(13-18)28-9-11-29(12-10-28)24(30)20-14-21(17-26-16-20)27-23-8-3-2-6-19(23)15-25/h2-8,13-14,16-17,27H,9-12H2,1H3. The highest BCUT2D eigenvalue weighted by Gasteiger charge is 2.23. The van der Waals surface area contributed by atoms with E-state index < -0.39 is 0 Å². The lowest BCUT2D eigenvalue weighted by molar-refractivity contribution is 0.0746. The number of pyridine rings is 1. The summed E-state index contributed by atoms with van der Waals surface area (Å²) in [5.41, 5.74) is 4.89. The molecule has 2 heterocycles. The molecule has 1 aliphatic rings. The summed E-state index contributed by atoms with van der Waals surface area (Å²) in [4.78, 5) is 21.4. The predicted molar refractivity (Wildman–Crippen MR) is 118 cm³/mol. The highest BCUT2D eigenvalue weighted by Crippen LogP contribution is 2.22. The van der Waals surface area contributed by atoms with Crippen LogP contribution in [0, 0.1) is 18.3 Å². The zero-order valence-electron chi connectivity index (χ0n) is 16.9. The largest absolute Gasteiger partial charge is 0.368 e. The summed E-state index contributed by atoms with van der Waals surface area (Å²) in [6, 6.07) is 19.7. The van der Waals surface area contributed by atoms with E-state index in [9.17, 15) is 10.1 Å². The molecule has 1 saturated heterocycles. The van der Waals surface area contributed by atoms with Gasteiger partial charge in [0.05, 0.1) is 28.7 Å². The van der Waals surface area contributed by atoms with Crippen molar-refractivity contribution >= 4 is 23.0 Å². The van der Waals surface area contributed by atoms with Gasteiger partial charge in [-0.15, -0.1) is 0 Å². The van der Waals surface area contributed by atoms with E-state index in [0.717, 1.165) is 13.1 Å². The second-order valence-electron chi connectivity index (χ2n) is 7.36. The zero-order valence-corrected chi connectivity index (χ0v) is 16.9. The van der Waals surface area contributed by atoms with Gasteiger partial charge in [-0.05, 0) is 42.8 Å². The number of anilines is 3. The monoisotopic (exact) mass is 397 g/mol. The molecule has 0 unspecified atom stereocenters. The molecule has 1 amide bonds. The second-order valence-corrected chi connectivity index (χ2v) is 7.36. The van der Waals surface area contributed by atoms with E-state index in [1.807, 2.05) is 23.1 Å². The lowest BCUT2D eigenvalue weighted by Gasteiger charge is -2.36. The Morgan fingerprint density at radius 2 is 1.83 bits per heavy atom. The Labute approximate surface area is 176 Å². The first-order valence-corrected chi connectivity index (χ1v) is 9.96. The maximum Gasteiger partial charge on any atom is 0.255 e. The summed E-state index contributed by atoms with van der Waals surface area (Å²) in [6.45, 7) is 5.03. The number of nitriles is 1. The SMILES string of the molecule is Cc1cccc(N2CCN(C(=O)c3cncc(Nc4ccccc4C#N)c3)CC2)c1. The van der Waals surface area contributed by atoms with Crippen molar-refractivity contribution in [2.24, 2.45) is 0 Å². The van der Waals surface area contributed by atoms with Crippen LogP contribution >= 0.6 is 0 Å². The van der Waals surface area contributed by atoms with E-state index in [2.05, 4.69) is 52.5 Å². The third-order valence-electron chi connectivity index (χ3n) is 5.25. The fourth-order valence-corrected chi connectivity index (χ4v) is 3.65. The first-order valence-electron chi connectivity index (χ1n) is 9.96. The molecule has 6 nitrogen and oxygen atoms in total. The van der Waals surface area contributed by atoms with Gasteiger partial charge in [-0.25, -0.2) is 0 Å². The average molecular weight is 397 g/mol. The molecular formula is C24H23N5O. The quantitative estimate of drug-likeness (QED) is 0.721. The van der Waals surface area contributed by atoms with Gasteiger partial charge >= 0.3 is 0 Å². The van der Waals surface area contributed by atoms with Crippen molar-refractivity contribution in [2.75, 3.05) is 36.4 Å². The molecule has 0 radical (unpaired) electrons. The third-order valence-corrected chi connectivity index (χ3v) is 5.25. The molecule has 1 aromatic heterocycles. The summed E-state index contributed by atoms with van der Waals surface area (Å²) in [7, 11) is 0. The van der Waals surface area contributed by atoms with Gasteiger partial charge in [-0.2, -0.15) is 5.26 Å².